The van der Waals surface area contributed by atoms with Crippen LogP contribution < -0.4 is 0 Å². The van der Waals surface area contributed by atoms with Crippen LogP contribution in [0.3, 0.4) is 0 Å². The average molecular weight is 462 g/mol. The Labute approximate surface area is 208 Å². The Hall–Kier alpha value is -4.50. The molecule has 0 aliphatic heterocycles. The van der Waals surface area contributed by atoms with Crippen LogP contribution in [0.4, 0.5) is 0 Å². The maximum absolute atomic E-state index is 4.98. The van der Waals surface area contributed by atoms with Gasteiger partial charge in [-0.05, 0) is 51.2 Å². The van der Waals surface area contributed by atoms with Gasteiger partial charge in [-0.1, -0.05) is 92.7 Å². The lowest BCUT2D eigenvalue weighted by Crippen LogP contribution is -2.14. The second-order valence-electron chi connectivity index (χ2n) is 10.3. The van der Waals surface area contributed by atoms with Crippen molar-refractivity contribution in [1.82, 2.24) is 14.5 Å². The first-order chi connectivity index (χ1) is 17.6. The van der Waals surface area contributed by atoms with Crippen LogP contribution in [0, 0.1) is 0 Å². The molecule has 8 rings (SSSR count). The summed E-state index contributed by atoms with van der Waals surface area (Å²) in [5.41, 5.74) is 8.66. The van der Waals surface area contributed by atoms with E-state index in [-0.39, 0.29) is 5.41 Å². The summed E-state index contributed by atoms with van der Waals surface area (Å²) in [6.07, 6.45) is 1.93. The third-order valence-electron chi connectivity index (χ3n) is 8.04. The van der Waals surface area contributed by atoms with Gasteiger partial charge in [-0.3, -0.25) is 4.57 Å². The Morgan fingerprint density at radius 3 is 2.36 bits per heavy atom. The number of hydrogen-bond donors (Lipinski definition) is 0. The van der Waals surface area contributed by atoms with E-state index in [1.165, 1.54) is 43.8 Å². The zero-order valence-electron chi connectivity index (χ0n) is 20.2. The maximum atomic E-state index is 4.98. The first-order valence-electron chi connectivity index (χ1n) is 12.4. The summed E-state index contributed by atoms with van der Waals surface area (Å²) in [5, 5.41) is 6.12. The van der Waals surface area contributed by atoms with Crippen LogP contribution in [-0.4, -0.2) is 14.5 Å². The molecule has 36 heavy (non-hydrogen) atoms. The highest BCUT2D eigenvalue weighted by Crippen LogP contribution is 2.53. The molecule has 3 heteroatoms. The summed E-state index contributed by atoms with van der Waals surface area (Å²) < 4.78 is 2.22. The summed E-state index contributed by atoms with van der Waals surface area (Å²) in [4.78, 5) is 9.79. The first kappa shape index (κ1) is 19.8. The summed E-state index contributed by atoms with van der Waals surface area (Å²) in [6, 6.07) is 34.8. The SMILES string of the molecule is CC1(C)c2ccccc2-c2c1ccc1ccc3c(c4ccccc4n3-c3ncc4ccccc4n3)c21. The largest absolute Gasteiger partial charge is 0.278 e. The number of aromatic nitrogens is 3. The van der Waals surface area contributed by atoms with Crippen molar-refractivity contribution < 1.29 is 0 Å². The number of nitrogens with zero attached hydrogens (tertiary/aromatic N) is 3. The van der Waals surface area contributed by atoms with Gasteiger partial charge >= 0.3 is 0 Å². The van der Waals surface area contributed by atoms with Crippen molar-refractivity contribution in [2.24, 2.45) is 0 Å². The van der Waals surface area contributed by atoms with E-state index in [4.69, 9.17) is 9.97 Å². The van der Waals surface area contributed by atoms with Crippen LogP contribution in [0.2, 0.25) is 0 Å². The molecule has 0 radical (unpaired) electrons. The number of benzene rings is 5. The molecule has 5 aromatic carbocycles. The molecule has 0 unspecified atom stereocenters. The Balaban J connectivity index is 1.57. The predicted octanol–water partition coefficient (Wildman–Crippen LogP) is 8.19. The minimum atomic E-state index is -0.0396. The lowest BCUT2D eigenvalue weighted by atomic mass is 9.82. The van der Waals surface area contributed by atoms with Crippen molar-refractivity contribution in [3.05, 3.63) is 114 Å². The predicted molar refractivity (Wildman–Crippen MR) is 149 cm³/mol. The van der Waals surface area contributed by atoms with Gasteiger partial charge in [0, 0.05) is 27.8 Å². The zero-order valence-corrected chi connectivity index (χ0v) is 20.2. The van der Waals surface area contributed by atoms with Crippen molar-refractivity contribution >= 4 is 43.5 Å². The number of para-hydroxylation sites is 2. The highest BCUT2D eigenvalue weighted by atomic mass is 15.2. The van der Waals surface area contributed by atoms with Crippen LogP contribution in [0.15, 0.2) is 103 Å². The molecule has 0 saturated carbocycles. The minimum absolute atomic E-state index is 0.0396. The fourth-order valence-corrected chi connectivity index (χ4v) is 6.35. The topological polar surface area (TPSA) is 30.7 Å². The smallest absolute Gasteiger partial charge is 0.235 e. The molecule has 0 amide bonds. The third-order valence-corrected chi connectivity index (χ3v) is 8.04. The van der Waals surface area contributed by atoms with Crippen LogP contribution in [0.1, 0.15) is 25.0 Å². The van der Waals surface area contributed by atoms with E-state index in [1.54, 1.807) is 0 Å². The molecule has 1 aliphatic carbocycles. The zero-order chi connectivity index (χ0) is 24.0. The van der Waals surface area contributed by atoms with Crippen molar-refractivity contribution in [3.63, 3.8) is 0 Å². The second-order valence-corrected chi connectivity index (χ2v) is 10.3. The van der Waals surface area contributed by atoms with E-state index >= 15 is 0 Å². The Morgan fingerprint density at radius 2 is 1.42 bits per heavy atom. The molecule has 0 saturated heterocycles. The number of rotatable bonds is 1. The third kappa shape index (κ3) is 2.42. The van der Waals surface area contributed by atoms with Gasteiger partial charge in [-0.25, -0.2) is 9.97 Å². The minimum Gasteiger partial charge on any atom is -0.278 e. The number of fused-ring (bicyclic) bond motifs is 10. The summed E-state index contributed by atoms with van der Waals surface area (Å²) >= 11 is 0. The molecular weight excluding hydrogens is 438 g/mol. The van der Waals surface area contributed by atoms with E-state index in [0.717, 1.165) is 21.9 Å². The molecule has 0 atom stereocenters. The molecule has 1 aliphatic rings. The van der Waals surface area contributed by atoms with Crippen LogP contribution in [-0.2, 0) is 5.41 Å². The molecule has 0 N–H and O–H groups in total. The highest BCUT2D eigenvalue weighted by molar-refractivity contribution is 6.25. The normalized spacial score (nSPS) is 14.1. The fraction of sp³-hybridized carbons (Fsp3) is 0.0909. The molecule has 2 aromatic heterocycles. The van der Waals surface area contributed by atoms with Crippen molar-refractivity contribution in [3.8, 4) is 17.1 Å². The van der Waals surface area contributed by atoms with Gasteiger partial charge < -0.3 is 0 Å². The molecule has 0 bridgehead atoms. The van der Waals surface area contributed by atoms with E-state index in [0.29, 0.717) is 5.95 Å². The highest BCUT2D eigenvalue weighted by Gasteiger charge is 2.36. The fourth-order valence-electron chi connectivity index (χ4n) is 6.35. The van der Waals surface area contributed by atoms with Gasteiger partial charge in [0.1, 0.15) is 0 Å². The first-order valence-corrected chi connectivity index (χ1v) is 12.4. The molecule has 3 nitrogen and oxygen atoms in total. The Bertz CT molecular complexity index is 2030. The van der Waals surface area contributed by atoms with E-state index in [2.05, 4.69) is 103 Å². The number of hydrogen-bond acceptors (Lipinski definition) is 2. The summed E-state index contributed by atoms with van der Waals surface area (Å²) in [5.74, 6) is 0.701. The van der Waals surface area contributed by atoms with Crippen molar-refractivity contribution in [2.75, 3.05) is 0 Å². The summed E-state index contributed by atoms with van der Waals surface area (Å²) in [6.45, 7) is 4.69. The molecule has 0 fully saturated rings. The van der Waals surface area contributed by atoms with E-state index < -0.39 is 0 Å². The quantitative estimate of drug-likeness (QED) is 0.247. The Morgan fingerprint density at radius 1 is 0.639 bits per heavy atom. The van der Waals surface area contributed by atoms with Crippen LogP contribution in [0.5, 0.6) is 0 Å². The van der Waals surface area contributed by atoms with Gasteiger partial charge in [0.2, 0.25) is 5.95 Å². The molecule has 170 valence electrons. The summed E-state index contributed by atoms with van der Waals surface area (Å²) in [7, 11) is 0. The van der Waals surface area contributed by atoms with Crippen molar-refractivity contribution in [2.45, 2.75) is 19.3 Å². The lowest BCUT2D eigenvalue weighted by molar-refractivity contribution is 0.661. The average Bonchev–Trinajstić information content (AvgIpc) is 3.38. The Kier molecular flexibility index (Phi) is 3.73. The van der Waals surface area contributed by atoms with Gasteiger partial charge in [0.05, 0.1) is 16.6 Å². The van der Waals surface area contributed by atoms with Crippen molar-refractivity contribution in [1.29, 1.82) is 0 Å². The second kappa shape index (κ2) is 6.79. The van der Waals surface area contributed by atoms with Crippen LogP contribution in [0.25, 0.3) is 60.6 Å². The van der Waals surface area contributed by atoms with Gasteiger partial charge in [0.25, 0.3) is 0 Å². The molecular formula is C33H23N3. The maximum Gasteiger partial charge on any atom is 0.235 e. The van der Waals surface area contributed by atoms with Gasteiger partial charge in [-0.2, -0.15) is 0 Å². The van der Waals surface area contributed by atoms with E-state index in [1.807, 2.05) is 18.3 Å². The van der Waals surface area contributed by atoms with Gasteiger partial charge in [0.15, 0.2) is 0 Å². The van der Waals surface area contributed by atoms with Gasteiger partial charge in [-0.15, -0.1) is 0 Å². The molecule has 7 aromatic rings. The lowest BCUT2D eigenvalue weighted by Gasteiger charge is -2.21. The standard InChI is InChI=1S/C33H23N3/c1-33(2)24-12-6-4-10-22(24)30-25(33)17-15-20-16-18-28-31(29(20)30)23-11-5-8-14-27(23)36(28)32-34-19-21-9-3-7-13-26(21)35-32/h3-19H,1-2H3. The molecule has 2 heterocycles. The monoisotopic (exact) mass is 461 g/mol. The van der Waals surface area contributed by atoms with Crippen LogP contribution >= 0.6 is 0 Å². The van der Waals surface area contributed by atoms with E-state index in [9.17, 15) is 0 Å². The molecule has 0 spiro atoms.